The van der Waals surface area contributed by atoms with Crippen molar-refractivity contribution in [3.8, 4) is 17.2 Å². The molecule has 2 aromatic carbocycles. The lowest BCUT2D eigenvalue weighted by molar-refractivity contribution is -0.110. The summed E-state index contributed by atoms with van der Waals surface area (Å²) in [7, 11) is 4.64. The fraction of sp³-hybridized carbons (Fsp3) is 0.357. The number of methoxy groups -OCH3 is 3. The summed E-state index contributed by atoms with van der Waals surface area (Å²) in [6.07, 6.45) is 2.56. The van der Waals surface area contributed by atoms with Crippen LogP contribution < -0.4 is 34.3 Å². The third-order valence-corrected chi connectivity index (χ3v) is 7.95. The number of aromatic nitrogens is 1. The van der Waals surface area contributed by atoms with Crippen molar-refractivity contribution in [1.82, 2.24) is 9.47 Å². The van der Waals surface area contributed by atoms with Crippen LogP contribution in [0.4, 0.5) is 5.69 Å². The molecule has 4 rings (SSSR count). The summed E-state index contributed by atoms with van der Waals surface area (Å²) in [5.74, 6) is 1.20. The second-order valence-corrected chi connectivity index (χ2v) is 10.2. The Morgan fingerprint density at radius 2 is 1.71 bits per heavy atom. The predicted molar refractivity (Wildman–Crippen MR) is 152 cm³/mol. The average molecular weight is 558 g/mol. The zero-order valence-electron chi connectivity index (χ0n) is 22.2. The second-order valence-electron chi connectivity index (χ2n) is 8.73. The number of anilines is 1. The third-order valence-electron chi connectivity index (χ3n) is 6.58. The van der Waals surface area contributed by atoms with Crippen molar-refractivity contribution in [3.63, 3.8) is 0 Å². The molecule has 0 saturated heterocycles. The molecule has 1 aliphatic rings. The summed E-state index contributed by atoms with van der Waals surface area (Å²) in [6, 6.07) is 8.85. The summed E-state index contributed by atoms with van der Waals surface area (Å²) in [4.78, 5) is 29.2. The van der Waals surface area contributed by atoms with Gasteiger partial charge in [-0.3, -0.25) is 14.2 Å². The highest BCUT2D eigenvalue weighted by Gasteiger charge is 2.27. The zero-order chi connectivity index (χ0) is 27.4. The number of carbonyl (C=O) groups excluding carboxylic acids is 1. The number of amides is 1. The van der Waals surface area contributed by atoms with Gasteiger partial charge in [0.2, 0.25) is 5.75 Å². The van der Waals surface area contributed by atoms with Gasteiger partial charge in [-0.05, 0) is 68.0 Å². The average Bonchev–Trinajstić information content (AvgIpc) is 3.40. The van der Waals surface area contributed by atoms with Gasteiger partial charge in [0, 0.05) is 22.8 Å². The van der Waals surface area contributed by atoms with Crippen LogP contribution >= 0.6 is 22.9 Å². The van der Waals surface area contributed by atoms with Crippen LogP contribution in [0.15, 0.2) is 35.1 Å². The van der Waals surface area contributed by atoms with Gasteiger partial charge in [-0.2, -0.15) is 0 Å². The van der Waals surface area contributed by atoms with Crippen LogP contribution in [0.1, 0.15) is 31.4 Å². The van der Waals surface area contributed by atoms with E-state index in [-0.39, 0.29) is 11.5 Å². The molecule has 38 heavy (non-hydrogen) atoms. The molecule has 0 spiro atoms. The zero-order valence-corrected chi connectivity index (χ0v) is 23.8. The van der Waals surface area contributed by atoms with E-state index in [0.29, 0.717) is 60.4 Å². The number of rotatable bonds is 10. The number of nitrogens with one attached hydrogen (secondary N) is 1. The number of hydrogen-bond donors (Lipinski definition) is 1. The van der Waals surface area contributed by atoms with Crippen LogP contribution in [0, 0.1) is 0 Å². The molecule has 0 radical (unpaired) electrons. The molecule has 0 bridgehead atoms. The molecule has 1 aromatic heterocycles. The molecule has 1 aliphatic heterocycles. The Kier molecular flexibility index (Phi) is 8.81. The Morgan fingerprint density at radius 1 is 1.03 bits per heavy atom. The fourth-order valence-corrected chi connectivity index (χ4v) is 5.95. The van der Waals surface area contributed by atoms with Crippen LogP contribution in [0.3, 0.4) is 0 Å². The fourth-order valence-electron chi connectivity index (χ4n) is 4.59. The van der Waals surface area contributed by atoms with E-state index >= 15 is 0 Å². The first-order valence-corrected chi connectivity index (χ1v) is 13.6. The Bertz CT molecular complexity index is 1500. The smallest absolute Gasteiger partial charge is 0.269 e. The van der Waals surface area contributed by atoms with Gasteiger partial charge in [0.25, 0.3) is 11.5 Å². The minimum atomic E-state index is -0.250. The maximum atomic E-state index is 13.8. The van der Waals surface area contributed by atoms with Crippen LogP contribution in [0.5, 0.6) is 17.2 Å². The van der Waals surface area contributed by atoms with Crippen molar-refractivity contribution in [1.29, 1.82) is 0 Å². The molecule has 202 valence electrons. The molecule has 1 N–H and O–H groups in total. The van der Waals surface area contributed by atoms with Crippen molar-refractivity contribution >= 4 is 46.2 Å². The lowest BCUT2D eigenvalue weighted by Crippen LogP contribution is -2.34. The number of benzene rings is 2. The first-order valence-electron chi connectivity index (χ1n) is 12.4. The molecule has 0 unspecified atom stereocenters. The molecule has 8 nitrogen and oxygen atoms in total. The first-order chi connectivity index (χ1) is 18.3. The summed E-state index contributed by atoms with van der Waals surface area (Å²) >= 11 is 7.56. The first kappa shape index (κ1) is 27.8. The maximum absolute atomic E-state index is 13.8. The Labute approximate surface area is 230 Å². The van der Waals surface area contributed by atoms with Gasteiger partial charge in [-0.15, -0.1) is 11.3 Å². The Balaban J connectivity index is 1.93. The Hall–Kier alpha value is -3.27. The van der Waals surface area contributed by atoms with Gasteiger partial charge < -0.3 is 24.4 Å². The minimum Gasteiger partial charge on any atom is -0.493 e. The SMILES string of the molecule is CCN(CC)CCCn1c(=O)/c(=C/c2cc(OC)c(OC)c(OC)c2)s/c1=C1\C(=O)Nc2ccc(Cl)cc21. The highest BCUT2D eigenvalue weighted by atomic mass is 35.5. The van der Waals surface area contributed by atoms with Gasteiger partial charge in [-0.1, -0.05) is 25.4 Å². The van der Waals surface area contributed by atoms with Gasteiger partial charge in [-0.25, -0.2) is 0 Å². The number of hydrogen-bond acceptors (Lipinski definition) is 7. The van der Waals surface area contributed by atoms with E-state index in [0.717, 1.165) is 26.1 Å². The molecule has 0 atom stereocenters. The summed E-state index contributed by atoms with van der Waals surface area (Å²) in [5.41, 5.74) is 2.38. The monoisotopic (exact) mass is 557 g/mol. The normalized spacial score (nSPS) is 14.6. The molecule has 10 heteroatoms. The van der Waals surface area contributed by atoms with E-state index in [2.05, 4.69) is 24.1 Å². The topological polar surface area (TPSA) is 82.0 Å². The van der Waals surface area contributed by atoms with E-state index in [4.69, 9.17) is 25.8 Å². The lowest BCUT2D eigenvalue weighted by atomic mass is 10.1. The number of nitrogens with zero attached hydrogens (tertiary/aromatic N) is 2. The van der Waals surface area contributed by atoms with Crippen LogP contribution in [0.25, 0.3) is 11.6 Å². The molecule has 2 heterocycles. The molecule has 0 aliphatic carbocycles. The van der Waals surface area contributed by atoms with Gasteiger partial charge in [0.1, 0.15) is 4.66 Å². The van der Waals surface area contributed by atoms with E-state index in [1.54, 1.807) is 62.3 Å². The molecule has 3 aromatic rings. The molecule has 0 saturated carbocycles. The summed E-state index contributed by atoms with van der Waals surface area (Å²) < 4.78 is 19.2. The Morgan fingerprint density at radius 3 is 2.32 bits per heavy atom. The van der Waals surface area contributed by atoms with E-state index in [1.807, 2.05) is 0 Å². The standard InChI is InChI=1S/C28H32ClN3O5S/c1-6-31(7-2)11-8-12-32-27(34)23(15-17-13-21(35-3)25(37-5)22(14-17)36-4)38-28(32)24-19-16-18(29)9-10-20(19)30-26(24)33/h9-10,13-16H,6-8,11-12H2,1-5H3,(H,30,33)/b23-15-,28-24-. The van der Waals surface area contributed by atoms with Crippen LogP contribution in [0.2, 0.25) is 5.02 Å². The minimum absolute atomic E-state index is 0.158. The van der Waals surface area contributed by atoms with Crippen molar-refractivity contribution < 1.29 is 19.0 Å². The molecular weight excluding hydrogens is 526 g/mol. The van der Waals surface area contributed by atoms with E-state index in [9.17, 15) is 9.59 Å². The van der Waals surface area contributed by atoms with Crippen LogP contribution in [-0.4, -0.2) is 56.3 Å². The lowest BCUT2D eigenvalue weighted by Gasteiger charge is -2.17. The quantitative estimate of drug-likeness (QED) is 0.412. The number of fused-ring (bicyclic) bond motifs is 1. The van der Waals surface area contributed by atoms with Crippen molar-refractivity contribution in [2.24, 2.45) is 0 Å². The van der Waals surface area contributed by atoms with E-state index in [1.165, 1.54) is 11.3 Å². The number of ether oxygens (including phenoxy) is 3. The number of carbonyl (C=O) groups is 1. The van der Waals surface area contributed by atoms with Crippen molar-refractivity contribution in [2.75, 3.05) is 46.3 Å². The molecule has 1 amide bonds. The molecule has 0 fully saturated rings. The summed E-state index contributed by atoms with van der Waals surface area (Å²) in [5, 5.41) is 3.43. The second kappa shape index (κ2) is 12.1. The van der Waals surface area contributed by atoms with Gasteiger partial charge in [0.05, 0.1) is 31.4 Å². The van der Waals surface area contributed by atoms with Crippen molar-refractivity contribution in [3.05, 3.63) is 66.0 Å². The van der Waals surface area contributed by atoms with Gasteiger partial charge >= 0.3 is 0 Å². The predicted octanol–water partition coefficient (Wildman–Crippen LogP) is 3.30. The van der Waals surface area contributed by atoms with Crippen molar-refractivity contribution in [2.45, 2.75) is 26.8 Å². The van der Waals surface area contributed by atoms with Gasteiger partial charge in [0.15, 0.2) is 11.5 Å². The summed E-state index contributed by atoms with van der Waals surface area (Å²) in [6.45, 7) is 7.45. The van der Waals surface area contributed by atoms with Crippen LogP contribution in [-0.2, 0) is 11.3 Å². The largest absolute Gasteiger partial charge is 0.493 e. The third kappa shape index (κ3) is 5.45. The number of halogens is 1. The maximum Gasteiger partial charge on any atom is 0.269 e. The highest BCUT2D eigenvalue weighted by Crippen LogP contribution is 2.38. The van der Waals surface area contributed by atoms with E-state index < -0.39 is 0 Å². The highest BCUT2D eigenvalue weighted by molar-refractivity contribution is 7.07. The molecular formula is C28H32ClN3O5S. The number of thiazole rings is 1.